The molecule has 0 saturated carbocycles. The number of aryl methyl sites for hydroxylation is 1. The summed E-state index contributed by atoms with van der Waals surface area (Å²) in [6, 6.07) is -0.486. The zero-order valence-corrected chi connectivity index (χ0v) is 11.7. The number of carbonyl (C=O) groups excluding carboxylic acids is 1. The molecule has 0 aliphatic carbocycles. The van der Waals surface area contributed by atoms with Crippen molar-refractivity contribution >= 4 is 5.97 Å². The molecular formula is C12H22N4O3. The normalized spacial score (nSPS) is 12.7. The number of nitrogens with zero attached hydrogens (tertiary/aromatic N) is 3. The zero-order valence-electron chi connectivity index (χ0n) is 11.7. The highest BCUT2D eigenvalue weighted by Gasteiger charge is 2.25. The van der Waals surface area contributed by atoms with Crippen molar-refractivity contribution in [3.8, 4) is 0 Å². The van der Waals surface area contributed by atoms with Crippen molar-refractivity contribution in [1.82, 2.24) is 20.3 Å². The molecule has 0 aromatic carbocycles. The van der Waals surface area contributed by atoms with Crippen LogP contribution in [0.25, 0.3) is 0 Å². The second-order valence-corrected chi connectivity index (χ2v) is 4.49. The van der Waals surface area contributed by atoms with Gasteiger partial charge in [0.05, 0.1) is 12.8 Å². The van der Waals surface area contributed by atoms with Crippen LogP contribution in [0.15, 0.2) is 6.20 Å². The molecule has 1 aromatic rings. The van der Waals surface area contributed by atoms with Crippen LogP contribution in [0, 0.1) is 0 Å². The maximum Gasteiger partial charge on any atom is 0.329 e. The molecule has 108 valence electrons. The lowest BCUT2D eigenvalue weighted by Crippen LogP contribution is -2.35. The van der Waals surface area contributed by atoms with E-state index in [1.54, 1.807) is 17.8 Å². The van der Waals surface area contributed by atoms with E-state index < -0.39 is 6.04 Å². The first kappa shape index (κ1) is 15.6. The lowest BCUT2D eigenvalue weighted by atomic mass is 10.2. The van der Waals surface area contributed by atoms with Gasteiger partial charge < -0.3 is 9.84 Å². The minimum absolute atomic E-state index is 0.0980. The Morgan fingerprint density at radius 3 is 2.89 bits per heavy atom. The standard InChI is InChI=1S/C12H22N4O3/c1-4-19-12(18)11(13-9(2)3)10-8-16(15-14-10)6-5-7-17/h8-9,11,13,17H,4-7H2,1-3H3. The molecule has 1 rings (SSSR count). The zero-order chi connectivity index (χ0) is 14.3. The summed E-state index contributed by atoms with van der Waals surface area (Å²) in [5.41, 5.74) is 0.532. The summed E-state index contributed by atoms with van der Waals surface area (Å²) in [6.45, 7) is 6.66. The van der Waals surface area contributed by atoms with Gasteiger partial charge in [0, 0.05) is 19.2 Å². The third-order valence-electron chi connectivity index (χ3n) is 2.42. The molecule has 0 fully saturated rings. The maximum atomic E-state index is 11.9. The van der Waals surface area contributed by atoms with Crippen molar-refractivity contribution in [2.24, 2.45) is 0 Å². The Kier molecular flexibility index (Phi) is 6.44. The molecule has 0 aliphatic heterocycles. The molecule has 1 unspecified atom stereocenters. The number of hydrogen-bond donors (Lipinski definition) is 2. The molecule has 19 heavy (non-hydrogen) atoms. The van der Waals surface area contributed by atoms with Gasteiger partial charge in [0.2, 0.25) is 0 Å². The number of carbonyl (C=O) groups is 1. The van der Waals surface area contributed by atoms with Crippen LogP contribution < -0.4 is 5.32 Å². The Hall–Kier alpha value is -1.47. The van der Waals surface area contributed by atoms with Crippen LogP contribution in [0.4, 0.5) is 0 Å². The molecule has 0 amide bonds. The Bertz CT molecular complexity index is 392. The average molecular weight is 270 g/mol. The van der Waals surface area contributed by atoms with Crippen LogP contribution in [0.1, 0.15) is 38.9 Å². The first-order valence-electron chi connectivity index (χ1n) is 6.52. The fraction of sp³-hybridized carbons (Fsp3) is 0.750. The molecule has 7 heteroatoms. The molecule has 0 spiro atoms. The van der Waals surface area contributed by atoms with E-state index in [9.17, 15) is 4.79 Å². The van der Waals surface area contributed by atoms with Gasteiger partial charge in [-0.2, -0.15) is 0 Å². The van der Waals surface area contributed by atoms with E-state index in [0.717, 1.165) is 0 Å². The number of hydrogen-bond acceptors (Lipinski definition) is 6. The van der Waals surface area contributed by atoms with Gasteiger partial charge >= 0.3 is 5.97 Å². The monoisotopic (exact) mass is 270 g/mol. The predicted molar refractivity (Wildman–Crippen MR) is 69.4 cm³/mol. The summed E-state index contributed by atoms with van der Waals surface area (Å²) < 4.78 is 6.64. The molecule has 0 radical (unpaired) electrons. The van der Waals surface area contributed by atoms with Crippen molar-refractivity contribution in [3.05, 3.63) is 11.9 Å². The topological polar surface area (TPSA) is 89.3 Å². The van der Waals surface area contributed by atoms with Gasteiger partial charge in [-0.05, 0) is 27.2 Å². The molecule has 1 atom stereocenters. The molecule has 7 nitrogen and oxygen atoms in total. The van der Waals surface area contributed by atoms with Crippen LogP contribution in [0.2, 0.25) is 0 Å². The van der Waals surface area contributed by atoms with Gasteiger partial charge in [-0.15, -0.1) is 5.10 Å². The second kappa shape index (κ2) is 7.85. The minimum Gasteiger partial charge on any atom is -0.465 e. The SMILES string of the molecule is CCOC(=O)C(NC(C)C)c1cn(CCCO)nn1. The third kappa shape index (κ3) is 4.96. The Morgan fingerprint density at radius 1 is 1.58 bits per heavy atom. The first-order chi connectivity index (χ1) is 9.08. The lowest BCUT2D eigenvalue weighted by molar-refractivity contribution is -0.146. The number of rotatable bonds is 8. The van der Waals surface area contributed by atoms with Crippen LogP contribution in [0.3, 0.4) is 0 Å². The summed E-state index contributed by atoms with van der Waals surface area (Å²) in [5, 5.41) is 19.8. The quantitative estimate of drug-likeness (QED) is 0.659. The summed E-state index contributed by atoms with van der Waals surface area (Å²) in [4.78, 5) is 11.9. The molecule has 1 aromatic heterocycles. The molecule has 1 heterocycles. The molecule has 2 N–H and O–H groups in total. The number of esters is 1. The number of aliphatic hydroxyl groups excluding tert-OH is 1. The number of ether oxygens (including phenoxy) is 1. The maximum absolute atomic E-state index is 11.9. The summed E-state index contributed by atoms with van der Waals surface area (Å²) >= 11 is 0. The van der Waals surface area contributed by atoms with Gasteiger partial charge in [-0.3, -0.25) is 10.00 Å². The van der Waals surface area contributed by atoms with Crippen molar-refractivity contribution in [3.63, 3.8) is 0 Å². The largest absolute Gasteiger partial charge is 0.465 e. The molecule has 0 bridgehead atoms. The highest BCUT2D eigenvalue weighted by Crippen LogP contribution is 2.12. The lowest BCUT2D eigenvalue weighted by Gasteiger charge is -2.17. The van der Waals surface area contributed by atoms with E-state index in [1.807, 2.05) is 13.8 Å². The van der Waals surface area contributed by atoms with Crippen molar-refractivity contribution < 1.29 is 14.6 Å². The number of nitrogens with one attached hydrogen (secondary N) is 1. The minimum atomic E-state index is -0.608. The summed E-state index contributed by atoms with van der Waals surface area (Å²) in [6.07, 6.45) is 2.30. The van der Waals surface area contributed by atoms with Crippen molar-refractivity contribution in [2.45, 2.75) is 45.8 Å². The van der Waals surface area contributed by atoms with Gasteiger partial charge in [0.1, 0.15) is 5.69 Å². The second-order valence-electron chi connectivity index (χ2n) is 4.49. The van der Waals surface area contributed by atoms with Crippen LogP contribution in [0.5, 0.6) is 0 Å². The van der Waals surface area contributed by atoms with Crippen molar-refractivity contribution in [1.29, 1.82) is 0 Å². The van der Waals surface area contributed by atoms with Gasteiger partial charge in [0.15, 0.2) is 6.04 Å². The number of aromatic nitrogens is 3. The van der Waals surface area contributed by atoms with E-state index in [4.69, 9.17) is 9.84 Å². The fourth-order valence-electron chi connectivity index (χ4n) is 1.62. The van der Waals surface area contributed by atoms with Gasteiger partial charge in [-0.25, -0.2) is 4.79 Å². The Balaban J connectivity index is 2.78. The van der Waals surface area contributed by atoms with E-state index in [-0.39, 0.29) is 18.6 Å². The smallest absolute Gasteiger partial charge is 0.329 e. The molecule has 0 saturated heterocycles. The number of aliphatic hydroxyl groups is 1. The van der Waals surface area contributed by atoms with E-state index in [0.29, 0.717) is 25.3 Å². The van der Waals surface area contributed by atoms with Crippen molar-refractivity contribution in [2.75, 3.05) is 13.2 Å². The molecular weight excluding hydrogens is 248 g/mol. The first-order valence-corrected chi connectivity index (χ1v) is 6.52. The van der Waals surface area contributed by atoms with Crippen LogP contribution >= 0.6 is 0 Å². The van der Waals surface area contributed by atoms with E-state index >= 15 is 0 Å². The predicted octanol–water partition coefficient (Wildman–Crippen LogP) is 0.263. The third-order valence-corrected chi connectivity index (χ3v) is 2.42. The van der Waals surface area contributed by atoms with Gasteiger partial charge in [0.25, 0.3) is 0 Å². The van der Waals surface area contributed by atoms with Crippen LogP contribution in [-0.2, 0) is 16.1 Å². The van der Waals surface area contributed by atoms with Crippen LogP contribution in [-0.4, -0.2) is 45.3 Å². The van der Waals surface area contributed by atoms with Gasteiger partial charge in [-0.1, -0.05) is 5.21 Å². The summed E-state index contributed by atoms with van der Waals surface area (Å²) in [5.74, 6) is -0.356. The van der Waals surface area contributed by atoms with E-state index in [2.05, 4.69) is 15.6 Å². The fourth-order valence-corrected chi connectivity index (χ4v) is 1.62. The highest BCUT2D eigenvalue weighted by atomic mass is 16.5. The molecule has 0 aliphatic rings. The Morgan fingerprint density at radius 2 is 2.32 bits per heavy atom. The Labute approximate surface area is 112 Å². The highest BCUT2D eigenvalue weighted by molar-refractivity contribution is 5.76. The average Bonchev–Trinajstić information content (AvgIpc) is 2.82. The van der Waals surface area contributed by atoms with E-state index in [1.165, 1.54) is 0 Å². The summed E-state index contributed by atoms with van der Waals surface area (Å²) in [7, 11) is 0.